The molecule has 0 aromatic heterocycles. The van der Waals surface area contributed by atoms with Gasteiger partial charge in [0.15, 0.2) is 0 Å². The van der Waals surface area contributed by atoms with Crippen LogP contribution in [0.15, 0.2) is 12.7 Å². The van der Waals surface area contributed by atoms with Crippen molar-refractivity contribution in [2.45, 2.75) is 24.8 Å². The first-order valence-electron chi connectivity index (χ1n) is 5.43. The molecule has 1 heterocycles. The highest BCUT2D eigenvalue weighted by Crippen LogP contribution is 2.30. The number of carboxylic acid groups (broad SMARTS) is 1. The van der Waals surface area contributed by atoms with Crippen molar-refractivity contribution in [1.29, 1.82) is 0 Å². The first-order valence-corrected chi connectivity index (χ1v) is 6.59. The van der Waals surface area contributed by atoms with Gasteiger partial charge in [0, 0.05) is 0 Å². The van der Waals surface area contributed by atoms with E-state index < -0.39 is 17.6 Å². The molecule has 0 spiro atoms. The highest BCUT2D eigenvalue weighted by molar-refractivity contribution is 7.99. The zero-order valence-corrected chi connectivity index (χ0v) is 10.4. The summed E-state index contributed by atoms with van der Waals surface area (Å²) < 4.78 is 4.83. The van der Waals surface area contributed by atoms with Gasteiger partial charge in [-0.05, 0) is 24.3 Å². The summed E-state index contributed by atoms with van der Waals surface area (Å²) in [6, 6.07) is 0. The van der Waals surface area contributed by atoms with Gasteiger partial charge in [-0.15, -0.1) is 0 Å². The van der Waals surface area contributed by atoms with Gasteiger partial charge in [-0.1, -0.05) is 12.7 Å². The quantitative estimate of drug-likeness (QED) is 0.734. The van der Waals surface area contributed by atoms with Gasteiger partial charge in [-0.25, -0.2) is 4.79 Å². The number of thioether (sulfide) groups is 1. The van der Waals surface area contributed by atoms with Gasteiger partial charge in [-0.2, -0.15) is 11.8 Å². The van der Waals surface area contributed by atoms with Crippen molar-refractivity contribution in [2.75, 3.05) is 18.1 Å². The first-order chi connectivity index (χ1) is 8.08. The minimum atomic E-state index is -0.902. The van der Waals surface area contributed by atoms with Crippen molar-refractivity contribution in [1.82, 2.24) is 5.32 Å². The minimum Gasteiger partial charge on any atom is -0.481 e. The molecular weight excluding hydrogens is 242 g/mol. The Labute approximate surface area is 105 Å². The summed E-state index contributed by atoms with van der Waals surface area (Å²) in [4.78, 5) is 22.3. The van der Waals surface area contributed by atoms with Gasteiger partial charge in [0.25, 0.3) is 0 Å². The average molecular weight is 259 g/mol. The number of carbonyl (C=O) groups excluding carboxylic acids is 1. The third-order valence-corrected chi connectivity index (χ3v) is 3.62. The Bertz CT molecular complexity index is 300. The molecule has 1 fully saturated rings. The molecule has 0 aromatic rings. The normalized spacial score (nSPS) is 18.1. The lowest BCUT2D eigenvalue weighted by atomic mass is 9.88. The molecule has 5 nitrogen and oxygen atoms in total. The summed E-state index contributed by atoms with van der Waals surface area (Å²) in [5.41, 5.74) is -0.657. The lowest BCUT2D eigenvalue weighted by molar-refractivity contribution is -0.138. The molecule has 96 valence electrons. The highest BCUT2D eigenvalue weighted by Gasteiger charge is 2.36. The van der Waals surface area contributed by atoms with Crippen LogP contribution >= 0.6 is 11.8 Å². The Balaban J connectivity index is 2.59. The zero-order valence-electron chi connectivity index (χ0n) is 9.61. The molecule has 2 N–H and O–H groups in total. The topological polar surface area (TPSA) is 75.6 Å². The number of amides is 1. The van der Waals surface area contributed by atoms with Crippen LogP contribution < -0.4 is 5.32 Å². The third-order valence-electron chi connectivity index (χ3n) is 2.64. The third kappa shape index (κ3) is 4.68. The van der Waals surface area contributed by atoms with Crippen LogP contribution in [-0.2, 0) is 9.53 Å². The number of hydrogen-bond acceptors (Lipinski definition) is 4. The fraction of sp³-hybridized carbons (Fsp3) is 0.636. The van der Waals surface area contributed by atoms with Crippen LogP contribution in [0.1, 0.15) is 19.3 Å². The number of alkyl carbamates (subject to hydrolysis) is 1. The van der Waals surface area contributed by atoms with Crippen molar-refractivity contribution >= 4 is 23.8 Å². The summed E-state index contributed by atoms with van der Waals surface area (Å²) in [5.74, 6) is 0.810. The van der Waals surface area contributed by atoms with Crippen molar-refractivity contribution in [3.8, 4) is 0 Å². The number of ether oxygens (including phenoxy) is 1. The minimum absolute atomic E-state index is 0.0588. The fourth-order valence-electron chi connectivity index (χ4n) is 1.78. The molecule has 1 saturated heterocycles. The summed E-state index contributed by atoms with van der Waals surface area (Å²) >= 11 is 1.77. The van der Waals surface area contributed by atoms with E-state index in [-0.39, 0.29) is 13.0 Å². The van der Waals surface area contributed by atoms with Crippen LogP contribution in [0.5, 0.6) is 0 Å². The maximum Gasteiger partial charge on any atom is 0.407 e. The number of nitrogens with one attached hydrogen (secondary N) is 1. The molecule has 0 aliphatic carbocycles. The van der Waals surface area contributed by atoms with Crippen LogP contribution in [0.4, 0.5) is 4.79 Å². The SMILES string of the molecule is C=CCOC(=O)NC1(CC(=O)O)CCSCC1. The van der Waals surface area contributed by atoms with E-state index >= 15 is 0 Å². The largest absolute Gasteiger partial charge is 0.481 e. The van der Waals surface area contributed by atoms with E-state index in [2.05, 4.69) is 11.9 Å². The molecule has 0 atom stereocenters. The number of rotatable bonds is 5. The number of carbonyl (C=O) groups is 2. The zero-order chi connectivity index (χ0) is 12.7. The molecule has 1 rings (SSSR count). The predicted octanol–water partition coefficient (Wildman–Crippen LogP) is 1.64. The van der Waals surface area contributed by atoms with Crippen LogP contribution in [0.2, 0.25) is 0 Å². The van der Waals surface area contributed by atoms with E-state index in [1.165, 1.54) is 6.08 Å². The molecule has 0 radical (unpaired) electrons. The van der Waals surface area contributed by atoms with Crippen LogP contribution in [-0.4, -0.2) is 40.8 Å². The molecule has 0 saturated carbocycles. The van der Waals surface area contributed by atoms with Crippen molar-refractivity contribution in [2.24, 2.45) is 0 Å². The molecule has 17 heavy (non-hydrogen) atoms. The van der Waals surface area contributed by atoms with Gasteiger partial charge in [-0.3, -0.25) is 4.79 Å². The second-order valence-electron chi connectivity index (χ2n) is 3.98. The summed E-state index contributed by atoms with van der Waals surface area (Å²) in [6.07, 6.45) is 2.16. The van der Waals surface area contributed by atoms with E-state index in [1.54, 1.807) is 11.8 Å². The Kier molecular flexibility index (Phi) is 5.34. The van der Waals surface area contributed by atoms with E-state index in [4.69, 9.17) is 9.84 Å². The second-order valence-corrected chi connectivity index (χ2v) is 5.20. The molecule has 1 amide bonds. The number of hydrogen-bond donors (Lipinski definition) is 2. The predicted molar refractivity (Wildman–Crippen MR) is 66.2 cm³/mol. The Hall–Kier alpha value is -1.17. The van der Waals surface area contributed by atoms with E-state index in [9.17, 15) is 9.59 Å². The van der Waals surface area contributed by atoms with Crippen LogP contribution in [0.3, 0.4) is 0 Å². The van der Waals surface area contributed by atoms with Crippen LogP contribution in [0, 0.1) is 0 Å². The number of carboxylic acids is 1. The standard InChI is InChI=1S/C11H17NO4S/c1-2-5-16-10(15)12-11(8-9(13)14)3-6-17-7-4-11/h2H,1,3-8H2,(H,12,15)(H,13,14). The van der Waals surface area contributed by atoms with E-state index in [0.717, 1.165) is 11.5 Å². The lowest BCUT2D eigenvalue weighted by Gasteiger charge is -2.36. The smallest absolute Gasteiger partial charge is 0.407 e. The van der Waals surface area contributed by atoms with Gasteiger partial charge >= 0.3 is 12.1 Å². The van der Waals surface area contributed by atoms with Crippen molar-refractivity contribution in [3.63, 3.8) is 0 Å². The van der Waals surface area contributed by atoms with Gasteiger partial charge < -0.3 is 15.2 Å². The Morgan fingerprint density at radius 2 is 2.12 bits per heavy atom. The summed E-state index contributed by atoms with van der Waals surface area (Å²) in [6.45, 7) is 3.57. The second kappa shape index (κ2) is 6.54. The molecule has 1 aliphatic rings. The number of aliphatic carboxylic acids is 1. The maximum atomic E-state index is 11.5. The van der Waals surface area contributed by atoms with E-state index in [1.807, 2.05) is 0 Å². The molecule has 0 aromatic carbocycles. The lowest BCUT2D eigenvalue weighted by Crippen LogP contribution is -2.52. The molecule has 6 heteroatoms. The fourth-order valence-corrected chi connectivity index (χ4v) is 3.06. The Morgan fingerprint density at radius 1 is 1.47 bits per heavy atom. The average Bonchev–Trinajstić information content (AvgIpc) is 2.26. The summed E-state index contributed by atoms with van der Waals surface area (Å²) in [7, 11) is 0. The molecular formula is C11H17NO4S. The highest BCUT2D eigenvalue weighted by atomic mass is 32.2. The molecule has 1 aliphatic heterocycles. The van der Waals surface area contributed by atoms with Crippen molar-refractivity contribution in [3.05, 3.63) is 12.7 Å². The van der Waals surface area contributed by atoms with Gasteiger partial charge in [0.2, 0.25) is 0 Å². The summed E-state index contributed by atoms with van der Waals surface area (Å²) in [5, 5.41) is 11.6. The van der Waals surface area contributed by atoms with Gasteiger partial charge in [0.1, 0.15) is 6.61 Å². The van der Waals surface area contributed by atoms with E-state index in [0.29, 0.717) is 12.8 Å². The van der Waals surface area contributed by atoms with Crippen molar-refractivity contribution < 1.29 is 19.4 Å². The van der Waals surface area contributed by atoms with Crippen LogP contribution in [0.25, 0.3) is 0 Å². The maximum absolute atomic E-state index is 11.5. The monoisotopic (exact) mass is 259 g/mol. The van der Waals surface area contributed by atoms with Gasteiger partial charge in [0.05, 0.1) is 12.0 Å². The first kappa shape index (κ1) is 13.9. The Morgan fingerprint density at radius 3 is 2.65 bits per heavy atom. The molecule has 0 unspecified atom stereocenters. The molecule has 0 bridgehead atoms.